The third kappa shape index (κ3) is 2.15. The maximum absolute atomic E-state index is 13.9. The number of hydrogen-bond donors (Lipinski definition) is 1. The van der Waals surface area contributed by atoms with Crippen molar-refractivity contribution >= 4 is 17.0 Å². The van der Waals surface area contributed by atoms with E-state index < -0.39 is 11.6 Å². The number of benzene rings is 1. The largest absolute Gasteiger partial charge is 0.376 e. The van der Waals surface area contributed by atoms with E-state index in [1.165, 1.54) is 10.6 Å². The van der Waals surface area contributed by atoms with Gasteiger partial charge in [-0.25, -0.2) is 13.8 Å². The van der Waals surface area contributed by atoms with Gasteiger partial charge in [0.1, 0.15) is 5.52 Å². The minimum Gasteiger partial charge on any atom is -0.376 e. The van der Waals surface area contributed by atoms with Crippen molar-refractivity contribution in [3.63, 3.8) is 0 Å². The van der Waals surface area contributed by atoms with Crippen molar-refractivity contribution in [2.45, 2.75) is 12.6 Å². The monoisotopic (exact) mass is 269 g/mol. The topological polar surface area (TPSA) is 62.3 Å². The second-order valence-corrected chi connectivity index (χ2v) is 4.38. The molecule has 0 spiro atoms. The maximum atomic E-state index is 13.9. The van der Waals surface area contributed by atoms with Crippen molar-refractivity contribution in [2.24, 2.45) is 0 Å². The molecule has 2 aromatic rings. The number of nitrogens with zero attached hydrogens (tertiary/aromatic N) is 2. The van der Waals surface area contributed by atoms with Crippen LogP contribution in [0.25, 0.3) is 11.0 Å². The maximum Gasteiger partial charge on any atom is 0.201 e. The fraction of sp³-hybridized carbons (Fsp3) is 0.417. The first kappa shape index (κ1) is 12.3. The van der Waals surface area contributed by atoms with Crippen molar-refractivity contribution < 1.29 is 18.3 Å². The summed E-state index contributed by atoms with van der Waals surface area (Å²) >= 11 is 0. The molecule has 0 bridgehead atoms. The number of imidazole rings is 1. The highest BCUT2D eigenvalue weighted by molar-refractivity contribution is 5.79. The Hall–Kier alpha value is -1.73. The van der Waals surface area contributed by atoms with E-state index in [0.717, 1.165) is 6.07 Å². The van der Waals surface area contributed by atoms with Gasteiger partial charge < -0.3 is 19.8 Å². The van der Waals surface area contributed by atoms with E-state index in [2.05, 4.69) is 4.98 Å². The summed E-state index contributed by atoms with van der Waals surface area (Å²) in [6, 6.07) is 2.44. The molecule has 0 radical (unpaired) electrons. The highest BCUT2D eigenvalue weighted by atomic mass is 19.2. The van der Waals surface area contributed by atoms with E-state index in [4.69, 9.17) is 15.2 Å². The number of ether oxygens (including phenoxy) is 2. The summed E-state index contributed by atoms with van der Waals surface area (Å²) in [7, 11) is 0. The van der Waals surface area contributed by atoms with E-state index in [-0.39, 0.29) is 24.1 Å². The zero-order valence-corrected chi connectivity index (χ0v) is 10.1. The van der Waals surface area contributed by atoms with Gasteiger partial charge in [-0.15, -0.1) is 0 Å². The summed E-state index contributed by atoms with van der Waals surface area (Å²) in [4.78, 5) is 4.02. The van der Waals surface area contributed by atoms with Crippen LogP contribution in [0, 0.1) is 11.6 Å². The van der Waals surface area contributed by atoms with Gasteiger partial charge in [0.25, 0.3) is 0 Å². The van der Waals surface area contributed by atoms with Crippen LogP contribution in [-0.4, -0.2) is 35.5 Å². The van der Waals surface area contributed by atoms with Gasteiger partial charge in [0.15, 0.2) is 11.6 Å². The molecule has 1 atom stereocenters. The second-order valence-electron chi connectivity index (χ2n) is 4.38. The van der Waals surface area contributed by atoms with E-state index in [1.807, 2.05) is 0 Å². The van der Waals surface area contributed by atoms with Crippen LogP contribution in [0.2, 0.25) is 0 Å². The molecule has 3 rings (SSSR count). The molecule has 1 aromatic carbocycles. The average molecular weight is 269 g/mol. The number of rotatable bonds is 2. The summed E-state index contributed by atoms with van der Waals surface area (Å²) in [5.41, 5.74) is 6.14. The number of aromatic nitrogens is 2. The number of fused-ring (bicyclic) bond motifs is 1. The predicted molar refractivity (Wildman–Crippen MR) is 64.6 cm³/mol. The molecule has 0 amide bonds. The molecule has 1 aliphatic rings. The van der Waals surface area contributed by atoms with Crippen LogP contribution in [-0.2, 0) is 16.0 Å². The van der Waals surface area contributed by atoms with Gasteiger partial charge in [0.05, 0.1) is 38.0 Å². The Balaban J connectivity index is 2.01. The first-order valence-electron chi connectivity index (χ1n) is 5.96. The third-order valence-corrected chi connectivity index (χ3v) is 3.10. The Bertz CT molecular complexity index is 609. The third-order valence-electron chi connectivity index (χ3n) is 3.10. The lowest BCUT2D eigenvalue weighted by atomic mass is 10.2. The number of halogens is 2. The van der Waals surface area contributed by atoms with Crippen LogP contribution in [0.1, 0.15) is 0 Å². The zero-order chi connectivity index (χ0) is 13.4. The summed E-state index contributed by atoms with van der Waals surface area (Å²) in [6.45, 7) is 1.70. The van der Waals surface area contributed by atoms with Crippen molar-refractivity contribution in [3.8, 4) is 0 Å². The van der Waals surface area contributed by atoms with Gasteiger partial charge in [0, 0.05) is 0 Å². The van der Waals surface area contributed by atoms with E-state index in [0.29, 0.717) is 25.3 Å². The molecule has 1 saturated heterocycles. The van der Waals surface area contributed by atoms with Crippen LogP contribution in [0.3, 0.4) is 0 Å². The Morgan fingerprint density at radius 3 is 2.95 bits per heavy atom. The average Bonchev–Trinajstić information content (AvgIpc) is 2.73. The van der Waals surface area contributed by atoms with Crippen molar-refractivity contribution in [1.29, 1.82) is 0 Å². The van der Waals surface area contributed by atoms with E-state index in [9.17, 15) is 8.78 Å². The molecule has 5 nitrogen and oxygen atoms in total. The Kier molecular flexibility index (Phi) is 3.08. The molecule has 1 fully saturated rings. The highest BCUT2D eigenvalue weighted by Crippen LogP contribution is 2.24. The lowest BCUT2D eigenvalue weighted by Gasteiger charge is -2.23. The molecule has 7 heteroatoms. The first-order valence-corrected chi connectivity index (χ1v) is 5.96. The quantitative estimate of drug-likeness (QED) is 0.893. The lowest BCUT2D eigenvalue weighted by Crippen LogP contribution is -2.32. The molecule has 19 heavy (non-hydrogen) atoms. The molecule has 102 valence electrons. The van der Waals surface area contributed by atoms with Crippen molar-refractivity contribution in [1.82, 2.24) is 9.55 Å². The van der Waals surface area contributed by atoms with Gasteiger partial charge in [-0.2, -0.15) is 0 Å². The van der Waals surface area contributed by atoms with Gasteiger partial charge in [-0.05, 0) is 12.1 Å². The standard InChI is InChI=1S/C12H13F2N3O2/c13-8-1-2-9-11(10(8)14)17(12(15)16-9)5-7-6-18-3-4-19-7/h1-2,7H,3-6H2,(H2,15,16). The summed E-state index contributed by atoms with van der Waals surface area (Å²) in [5, 5.41) is 0. The fourth-order valence-corrected chi connectivity index (χ4v) is 2.21. The second kappa shape index (κ2) is 4.75. The van der Waals surface area contributed by atoms with Gasteiger partial charge in [0.2, 0.25) is 5.95 Å². The molecular weight excluding hydrogens is 256 g/mol. The summed E-state index contributed by atoms with van der Waals surface area (Å²) in [6.07, 6.45) is -0.240. The smallest absolute Gasteiger partial charge is 0.201 e. The molecule has 2 N–H and O–H groups in total. The normalized spacial score (nSPS) is 20.0. The van der Waals surface area contributed by atoms with Crippen LogP contribution < -0.4 is 5.73 Å². The molecule has 0 saturated carbocycles. The van der Waals surface area contributed by atoms with Crippen LogP contribution in [0.4, 0.5) is 14.7 Å². The van der Waals surface area contributed by atoms with Crippen LogP contribution in [0.15, 0.2) is 12.1 Å². The van der Waals surface area contributed by atoms with E-state index >= 15 is 0 Å². The molecule has 1 aliphatic heterocycles. The molecule has 2 heterocycles. The lowest BCUT2D eigenvalue weighted by molar-refractivity contribution is -0.0930. The van der Waals surface area contributed by atoms with Crippen molar-refractivity contribution in [3.05, 3.63) is 23.8 Å². The molecule has 1 unspecified atom stereocenters. The van der Waals surface area contributed by atoms with Crippen LogP contribution >= 0.6 is 0 Å². The van der Waals surface area contributed by atoms with Crippen LogP contribution in [0.5, 0.6) is 0 Å². The van der Waals surface area contributed by atoms with Gasteiger partial charge in [-0.1, -0.05) is 0 Å². The Morgan fingerprint density at radius 2 is 2.21 bits per heavy atom. The summed E-state index contributed by atoms with van der Waals surface area (Å²) < 4.78 is 39.3. The number of nitrogens with two attached hydrogens (primary N) is 1. The predicted octanol–water partition coefficient (Wildman–Crippen LogP) is 1.31. The Morgan fingerprint density at radius 1 is 1.37 bits per heavy atom. The minimum atomic E-state index is -0.946. The summed E-state index contributed by atoms with van der Waals surface area (Å²) in [5.74, 6) is -1.73. The van der Waals surface area contributed by atoms with Gasteiger partial charge in [-0.3, -0.25) is 0 Å². The zero-order valence-electron chi connectivity index (χ0n) is 10.1. The molecular formula is C12H13F2N3O2. The van der Waals surface area contributed by atoms with E-state index in [1.54, 1.807) is 0 Å². The molecule has 0 aliphatic carbocycles. The SMILES string of the molecule is Nc1nc2ccc(F)c(F)c2n1CC1COCCO1. The number of nitrogen functional groups attached to an aromatic ring is 1. The van der Waals surface area contributed by atoms with Gasteiger partial charge >= 0.3 is 0 Å². The fourth-order valence-electron chi connectivity index (χ4n) is 2.21. The minimum absolute atomic E-state index is 0.0617. The number of anilines is 1. The first-order chi connectivity index (χ1) is 9.16. The molecule has 1 aromatic heterocycles. The van der Waals surface area contributed by atoms with Crippen molar-refractivity contribution in [2.75, 3.05) is 25.6 Å². The Labute approximate surface area is 107 Å². The highest BCUT2D eigenvalue weighted by Gasteiger charge is 2.21. The number of hydrogen-bond acceptors (Lipinski definition) is 4.